The molecule has 0 atom stereocenters. The normalized spacial score (nSPS) is 16.5. The van der Waals surface area contributed by atoms with E-state index in [-0.39, 0.29) is 18.5 Å². The van der Waals surface area contributed by atoms with Crippen LogP contribution in [-0.2, 0) is 11.3 Å². The zero-order chi connectivity index (χ0) is 9.26. The average Bonchev–Trinajstić information content (AvgIpc) is 2.63. The van der Waals surface area contributed by atoms with E-state index < -0.39 is 0 Å². The molecule has 2 rings (SSSR count). The number of rotatable bonds is 2. The number of imide groups is 1. The van der Waals surface area contributed by atoms with Gasteiger partial charge in [-0.3, -0.25) is 10.1 Å². The van der Waals surface area contributed by atoms with E-state index in [1.807, 2.05) is 5.38 Å². The first-order valence-corrected chi connectivity index (χ1v) is 4.61. The molecule has 0 aliphatic carbocycles. The van der Waals surface area contributed by atoms with Crippen LogP contribution in [0.3, 0.4) is 0 Å². The molecule has 1 fully saturated rings. The molecule has 1 aromatic heterocycles. The predicted molar refractivity (Wildman–Crippen MR) is 46.1 cm³/mol. The average molecular weight is 197 g/mol. The topological polar surface area (TPSA) is 62.3 Å². The van der Waals surface area contributed by atoms with Gasteiger partial charge in [-0.1, -0.05) is 0 Å². The quantitative estimate of drug-likeness (QED) is 0.689. The molecule has 13 heavy (non-hydrogen) atoms. The zero-order valence-corrected chi connectivity index (χ0v) is 7.50. The fourth-order valence-corrected chi connectivity index (χ4v) is 1.74. The number of carbonyl (C=O) groups is 2. The Kier molecular flexibility index (Phi) is 1.97. The fourth-order valence-electron chi connectivity index (χ4n) is 1.11. The number of carbonyl (C=O) groups excluding carboxylic acids is 2. The van der Waals surface area contributed by atoms with Gasteiger partial charge < -0.3 is 4.90 Å². The van der Waals surface area contributed by atoms with Crippen LogP contribution in [0.5, 0.6) is 0 Å². The van der Waals surface area contributed by atoms with E-state index in [1.54, 1.807) is 6.20 Å². The first-order chi connectivity index (χ1) is 6.25. The lowest BCUT2D eigenvalue weighted by Crippen LogP contribution is -2.27. The molecular formula is C7H7N3O2S. The third-order valence-electron chi connectivity index (χ3n) is 1.68. The molecule has 1 aliphatic heterocycles. The van der Waals surface area contributed by atoms with Gasteiger partial charge in [-0.2, -0.15) is 0 Å². The lowest BCUT2D eigenvalue weighted by atomic mass is 10.5. The van der Waals surface area contributed by atoms with Crippen molar-refractivity contribution in [3.8, 4) is 0 Å². The Morgan fingerprint density at radius 1 is 1.62 bits per heavy atom. The summed E-state index contributed by atoms with van der Waals surface area (Å²) in [6.45, 7) is 0.549. The van der Waals surface area contributed by atoms with Crippen molar-refractivity contribution in [3.05, 3.63) is 16.6 Å². The van der Waals surface area contributed by atoms with E-state index in [2.05, 4.69) is 10.3 Å². The van der Waals surface area contributed by atoms with Crippen LogP contribution in [0.25, 0.3) is 0 Å². The second-order valence-electron chi connectivity index (χ2n) is 2.64. The molecule has 3 amide bonds. The number of amides is 3. The number of thiazole rings is 1. The van der Waals surface area contributed by atoms with Gasteiger partial charge in [-0.15, -0.1) is 11.3 Å². The maximum absolute atomic E-state index is 11.1. The van der Waals surface area contributed by atoms with E-state index >= 15 is 0 Å². The number of hydrogen-bond donors (Lipinski definition) is 1. The van der Waals surface area contributed by atoms with Crippen molar-refractivity contribution in [2.75, 3.05) is 6.54 Å². The number of nitrogens with one attached hydrogen (secondary N) is 1. The van der Waals surface area contributed by atoms with Crippen LogP contribution in [0.4, 0.5) is 4.79 Å². The van der Waals surface area contributed by atoms with E-state index in [0.717, 1.165) is 5.01 Å². The van der Waals surface area contributed by atoms with Gasteiger partial charge in [-0.05, 0) is 0 Å². The molecule has 0 unspecified atom stereocenters. The van der Waals surface area contributed by atoms with Gasteiger partial charge in [0, 0.05) is 11.6 Å². The maximum Gasteiger partial charge on any atom is 0.324 e. The van der Waals surface area contributed by atoms with Crippen LogP contribution < -0.4 is 5.32 Å². The minimum Gasteiger partial charge on any atom is -0.308 e. The minimum absolute atomic E-state index is 0.137. The summed E-state index contributed by atoms with van der Waals surface area (Å²) in [7, 11) is 0. The van der Waals surface area contributed by atoms with Crippen LogP contribution in [0.1, 0.15) is 5.01 Å². The standard InChI is InChI=1S/C7H7N3O2S/c11-5-3-10(7(12)9-5)4-6-8-1-2-13-6/h1-2H,3-4H2,(H,9,11,12). The van der Waals surface area contributed by atoms with E-state index in [1.165, 1.54) is 16.2 Å². The Labute approximate surface area is 78.4 Å². The summed E-state index contributed by atoms with van der Waals surface area (Å²) in [5, 5.41) is 4.88. The van der Waals surface area contributed by atoms with Crippen molar-refractivity contribution in [2.24, 2.45) is 0 Å². The summed E-state index contributed by atoms with van der Waals surface area (Å²) in [5.41, 5.74) is 0. The summed E-state index contributed by atoms with van der Waals surface area (Å²) < 4.78 is 0. The summed E-state index contributed by atoms with van der Waals surface area (Å²) in [6.07, 6.45) is 1.68. The molecule has 5 nitrogen and oxygen atoms in total. The molecule has 0 saturated carbocycles. The van der Waals surface area contributed by atoms with Crippen LogP contribution in [0.15, 0.2) is 11.6 Å². The number of aromatic nitrogens is 1. The smallest absolute Gasteiger partial charge is 0.308 e. The fraction of sp³-hybridized carbons (Fsp3) is 0.286. The second kappa shape index (κ2) is 3.14. The highest BCUT2D eigenvalue weighted by Gasteiger charge is 2.26. The van der Waals surface area contributed by atoms with Gasteiger partial charge in [0.2, 0.25) is 5.91 Å². The second-order valence-corrected chi connectivity index (χ2v) is 3.61. The van der Waals surface area contributed by atoms with E-state index in [0.29, 0.717) is 6.54 Å². The van der Waals surface area contributed by atoms with Gasteiger partial charge in [-0.25, -0.2) is 9.78 Å². The van der Waals surface area contributed by atoms with Crippen molar-refractivity contribution in [2.45, 2.75) is 6.54 Å². The Hall–Kier alpha value is -1.43. The lowest BCUT2D eigenvalue weighted by molar-refractivity contribution is -0.118. The molecule has 0 radical (unpaired) electrons. The van der Waals surface area contributed by atoms with Gasteiger partial charge in [0.25, 0.3) is 0 Å². The highest BCUT2D eigenvalue weighted by atomic mass is 32.1. The summed E-state index contributed by atoms with van der Waals surface area (Å²) >= 11 is 1.47. The Balaban J connectivity index is 2.03. The first-order valence-electron chi connectivity index (χ1n) is 3.73. The molecule has 1 saturated heterocycles. The molecule has 0 bridgehead atoms. The van der Waals surface area contributed by atoms with Gasteiger partial charge in [0.05, 0.1) is 6.54 Å². The molecule has 6 heteroatoms. The third-order valence-corrected chi connectivity index (χ3v) is 2.44. The number of nitrogens with zero attached hydrogens (tertiary/aromatic N) is 2. The van der Waals surface area contributed by atoms with Crippen LogP contribution in [-0.4, -0.2) is 28.4 Å². The zero-order valence-electron chi connectivity index (χ0n) is 6.69. The Bertz CT molecular complexity index is 336. The summed E-state index contributed by atoms with van der Waals surface area (Å²) in [4.78, 5) is 27.3. The van der Waals surface area contributed by atoms with Crippen LogP contribution in [0.2, 0.25) is 0 Å². The first kappa shape index (κ1) is 8.18. The largest absolute Gasteiger partial charge is 0.324 e. The van der Waals surface area contributed by atoms with Crippen molar-refractivity contribution < 1.29 is 9.59 Å². The highest BCUT2D eigenvalue weighted by molar-refractivity contribution is 7.09. The Morgan fingerprint density at radius 3 is 3.00 bits per heavy atom. The molecule has 0 aromatic carbocycles. The summed E-state index contributed by atoms with van der Waals surface area (Å²) in [6, 6.07) is -0.333. The molecule has 2 heterocycles. The van der Waals surface area contributed by atoms with Gasteiger partial charge >= 0.3 is 6.03 Å². The van der Waals surface area contributed by atoms with Gasteiger partial charge in [0.1, 0.15) is 11.6 Å². The molecule has 1 aromatic rings. The molecule has 1 aliphatic rings. The van der Waals surface area contributed by atoms with Crippen molar-refractivity contribution in [1.82, 2.24) is 15.2 Å². The maximum atomic E-state index is 11.1. The highest BCUT2D eigenvalue weighted by Crippen LogP contribution is 2.09. The van der Waals surface area contributed by atoms with Crippen molar-refractivity contribution in [3.63, 3.8) is 0 Å². The van der Waals surface area contributed by atoms with Crippen LogP contribution >= 0.6 is 11.3 Å². The van der Waals surface area contributed by atoms with Crippen molar-refractivity contribution in [1.29, 1.82) is 0 Å². The van der Waals surface area contributed by atoms with Crippen LogP contribution in [0, 0.1) is 0 Å². The van der Waals surface area contributed by atoms with Crippen molar-refractivity contribution >= 4 is 23.3 Å². The lowest BCUT2D eigenvalue weighted by Gasteiger charge is -2.09. The third kappa shape index (κ3) is 1.67. The molecule has 0 spiro atoms. The number of hydrogen-bond acceptors (Lipinski definition) is 4. The SMILES string of the molecule is O=C1CN(Cc2nccs2)C(=O)N1. The molecule has 68 valence electrons. The van der Waals surface area contributed by atoms with E-state index in [4.69, 9.17) is 0 Å². The minimum atomic E-state index is -0.333. The Morgan fingerprint density at radius 2 is 2.46 bits per heavy atom. The van der Waals surface area contributed by atoms with E-state index in [9.17, 15) is 9.59 Å². The summed E-state index contributed by atoms with van der Waals surface area (Å²) in [5.74, 6) is -0.249. The predicted octanol–water partition coefficient (Wildman–Crippen LogP) is 0.195. The number of urea groups is 1. The molecule has 1 N–H and O–H groups in total. The molecular weight excluding hydrogens is 190 g/mol. The monoisotopic (exact) mass is 197 g/mol. The van der Waals surface area contributed by atoms with Gasteiger partial charge in [0.15, 0.2) is 0 Å².